The lowest BCUT2D eigenvalue weighted by Crippen LogP contribution is -2.22. The number of aliphatic imine (C=N–C) groups is 1. The Morgan fingerprint density at radius 1 is 1.07 bits per heavy atom. The molecule has 0 amide bonds. The van der Waals surface area contributed by atoms with Gasteiger partial charge in [-0.25, -0.2) is 12.8 Å². The van der Waals surface area contributed by atoms with Crippen LogP contribution in [0.2, 0.25) is 0 Å². The van der Waals surface area contributed by atoms with Crippen LogP contribution in [0.4, 0.5) is 4.39 Å². The molecule has 2 aromatic rings. The Labute approximate surface area is 162 Å². The standard InChI is InChI=1S/C19H19FN2O5S/c20-14-7-9-15(10-8-14)26-12-13-27-18(23)6-3-11-21-19-16-4-1-2-5-17(16)28(24,25)22-19/h1-2,4-5,7-10H,3,6,11-13H2,(H,21,22). The van der Waals surface area contributed by atoms with E-state index in [4.69, 9.17) is 9.47 Å². The fourth-order valence-corrected chi connectivity index (χ4v) is 3.83. The highest BCUT2D eigenvalue weighted by atomic mass is 32.2. The van der Waals surface area contributed by atoms with Gasteiger partial charge in [-0.2, -0.15) is 0 Å². The van der Waals surface area contributed by atoms with Gasteiger partial charge in [-0.15, -0.1) is 0 Å². The number of carbonyl (C=O) groups excluding carboxylic acids is 1. The van der Waals surface area contributed by atoms with Crippen molar-refractivity contribution in [3.63, 3.8) is 0 Å². The zero-order valence-corrected chi connectivity index (χ0v) is 15.7. The van der Waals surface area contributed by atoms with E-state index in [9.17, 15) is 17.6 Å². The number of carbonyl (C=O) groups is 1. The molecule has 0 bridgehead atoms. The summed E-state index contributed by atoms with van der Waals surface area (Å²) in [6.45, 7) is 0.531. The van der Waals surface area contributed by atoms with Gasteiger partial charge in [-0.1, -0.05) is 12.1 Å². The summed E-state index contributed by atoms with van der Waals surface area (Å²) in [6, 6.07) is 12.1. The maximum Gasteiger partial charge on any atom is 0.305 e. The number of rotatable bonds is 8. The number of amidine groups is 1. The molecule has 1 aliphatic rings. The van der Waals surface area contributed by atoms with Crippen molar-refractivity contribution in [3.8, 4) is 5.75 Å². The molecule has 3 rings (SSSR count). The monoisotopic (exact) mass is 406 g/mol. The number of sulfonamides is 1. The molecule has 0 unspecified atom stereocenters. The summed E-state index contributed by atoms with van der Waals surface area (Å²) in [7, 11) is -3.56. The first-order valence-electron chi connectivity index (χ1n) is 8.66. The number of esters is 1. The Morgan fingerprint density at radius 3 is 2.61 bits per heavy atom. The molecular formula is C19H19FN2O5S. The summed E-state index contributed by atoms with van der Waals surface area (Å²) in [5.74, 6) is 0.0378. The van der Waals surface area contributed by atoms with Crippen LogP contribution in [0, 0.1) is 5.82 Å². The van der Waals surface area contributed by atoms with Crippen molar-refractivity contribution >= 4 is 21.8 Å². The summed E-state index contributed by atoms with van der Waals surface area (Å²) in [6.07, 6.45) is 0.576. The predicted octanol–water partition coefficient (Wildman–Crippen LogP) is 2.27. The number of fused-ring (bicyclic) bond motifs is 1. The van der Waals surface area contributed by atoms with Gasteiger partial charge in [0.2, 0.25) is 0 Å². The van der Waals surface area contributed by atoms with Crippen molar-refractivity contribution in [2.45, 2.75) is 17.7 Å². The van der Waals surface area contributed by atoms with Crippen LogP contribution in [0.5, 0.6) is 5.75 Å². The Kier molecular flexibility index (Phi) is 6.25. The third-order valence-electron chi connectivity index (χ3n) is 3.90. The van der Waals surface area contributed by atoms with E-state index in [-0.39, 0.29) is 42.7 Å². The molecule has 28 heavy (non-hydrogen) atoms. The van der Waals surface area contributed by atoms with Gasteiger partial charge in [0.25, 0.3) is 10.0 Å². The topological polar surface area (TPSA) is 94.1 Å². The Bertz CT molecular complexity index is 974. The molecule has 1 N–H and O–H groups in total. The van der Waals surface area contributed by atoms with Crippen molar-refractivity contribution in [1.29, 1.82) is 0 Å². The van der Waals surface area contributed by atoms with Gasteiger partial charge in [-0.05, 0) is 42.8 Å². The minimum atomic E-state index is -3.56. The predicted molar refractivity (Wildman–Crippen MR) is 100 cm³/mol. The maximum absolute atomic E-state index is 12.8. The average Bonchev–Trinajstić information content (AvgIpc) is 2.94. The molecule has 9 heteroatoms. The maximum atomic E-state index is 12.8. The second-order valence-corrected chi connectivity index (χ2v) is 7.61. The van der Waals surface area contributed by atoms with E-state index < -0.39 is 16.0 Å². The van der Waals surface area contributed by atoms with Crippen LogP contribution in [0.25, 0.3) is 0 Å². The summed E-state index contributed by atoms with van der Waals surface area (Å²) in [5, 5.41) is 0. The van der Waals surface area contributed by atoms with Gasteiger partial charge in [0.15, 0.2) is 0 Å². The first kappa shape index (κ1) is 19.8. The molecule has 0 aromatic heterocycles. The molecule has 7 nitrogen and oxygen atoms in total. The fourth-order valence-electron chi connectivity index (χ4n) is 2.58. The SMILES string of the molecule is O=C(CCCN=C1NS(=O)(=O)c2ccccc21)OCCOc1ccc(F)cc1. The summed E-state index contributed by atoms with van der Waals surface area (Å²) in [5.41, 5.74) is 0.531. The minimum Gasteiger partial charge on any atom is -0.490 e. The van der Waals surface area contributed by atoms with Crippen LogP contribution in [0.15, 0.2) is 58.4 Å². The summed E-state index contributed by atoms with van der Waals surface area (Å²) < 4.78 is 49.5. The second-order valence-electron chi connectivity index (χ2n) is 5.96. The van der Waals surface area contributed by atoms with Gasteiger partial charge in [-0.3, -0.25) is 14.5 Å². The molecule has 0 fully saturated rings. The zero-order chi connectivity index (χ0) is 20.0. The van der Waals surface area contributed by atoms with Crippen molar-refractivity contribution in [1.82, 2.24) is 4.72 Å². The third-order valence-corrected chi connectivity index (χ3v) is 5.30. The van der Waals surface area contributed by atoms with Crippen LogP contribution >= 0.6 is 0 Å². The molecule has 0 saturated carbocycles. The van der Waals surface area contributed by atoms with E-state index in [1.54, 1.807) is 18.2 Å². The van der Waals surface area contributed by atoms with Crippen LogP contribution in [-0.2, 0) is 19.6 Å². The highest BCUT2D eigenvalue weighted by Gasteiger charge is 2.29. The molecule has 0 spiro atoms. The van der Waals surface area contributed by atoms with E-state index in [0.717, 1.165) is 0 Å². The third kappa shape index (κ3) is 5.07. The van der Waals surface area contributed by atoms with E-state index in [0.29, 0.717) is 17.7 Å². The lowest BCUT2D eigenvalue weighted by atomic mass is 10.2. The van der Waals surface area contributed by atoms with Crippen molar-refractivity contribution in [2.24, 2.45) is 4.99 Å². The van der Waals surface area contributed by atoms with Gasteiger partial charge in [0.1, 0.15) is 30.6 Å². The smallest absolute Gasteiger partial charge is 0.305 e. The minimum absolute atomic E-state index is 0.0813. The van der Waals surface area contributed by atoms with E-state index in [1.807, 2.05) is 0 Å². The largest absolute Gasteiger partial charge is 0.490 e. The fraction of sp³-hybridized carbons (Fsp3) is 0.263. The molecule has 148 valence electrons. The molecule has 1 aliphatic heterocycles. The Morgan fingerprint density at radius 2 is 1.82 bits per heavy atom. The van der Waals surface area contributed by atoms with Crippen molar-refractivity contribution < 1.29 is 27.1 Å². The number of halogens is 1. The molecule has 0 saturated heterocycles. The second kappa shape index (κ2) is 8.83. The number of nitrogens with one attached hydrogen (secondary N) is 1. The first-order chi connectivity index (χ1) is 13.5. The Balaban J connectivity index is 1.37. The molecule has 0 atom stereocenters. The van der Waals surface area contributed by atoms with E-state index in [2.05, 4.69) is 9.71 Å². The highest BCUT2D eigenvalue weighted by molar-refractivity contribution is 7.90. The van der Waals surface area contributed by atoms with Gasteiger partial charge in [0.05, 0.1) is 4.90 Å². The van der Waals surface area contributed by atoms with Gasteiger partial charge < -0.3 is 9.47 Å². The number of hydrogen-bond donors (Lipinski definition) is 1. The average molecular weight is 406 g/mol. The van der Waals surface area contributed by atoms with Crippen LogP contribution in [0.1, 0.15) is 18.4 Å². The highest BCUT2D eigenvalue weighted by Crippen LogP contribution is 2.22. The van der Waals surface area contributed by atoms with Crippen LogP contribution in [-0.4, -0.2) is 40.0 Å². The number of benzene rings is 2. The molecular weight excluding hydrogens is 387 g/mol. The van der Waals surface area contributed by atoms with E-state index >= 15 is 0 Å². The van der Waals surface area contributed by atoms with Gasteiger partial charge >= 0.3 is 5.97 Å². The van der Waals surface area contributed by atoms with Crippen LogP contribution < -0.4 is 9.46 Å². The Hall–Kier alpha value is -2.94. The molecule has 2 aromatic carbocycles. The lowest BCUT2D eigenvalue weighted by Gasteiger charge is -2.07. The zero-order valence-electron chi connectivity index (χ0n) is 14.9. The van der Waals surface area contributed by atoms with Crippen molar-refractivity contribution in [2.75, 3.05) is 19.8 Å². The number of hydrogen-bond acceptors (Lipinski definition) is 6. The molecule has 1 heterocycles. The van der Waals surface area contributed by atoms with Gasteiger partial charge in [0, 0.05) is 18.5 Å². The number of ether oxygens (including phenoxy) is 2. The summed E-state index contributed by atoms with van der Waals surface area (Å²) in [4.78, 5) is 16.2. The van der Waals surface area contributed by atoms with Crippen molar-refractivity contribution in [3.05, 3.63) is 59.9 Å². The van der Waals surface area contributed by atoms with Crippen LogP contribution in [0.3, 0.4) is 0 Å². The first-order valence-corrected chi connectivity index (χ1v) is 10.1. The molecule has 0 radical (unpaired) electrons. The normalized spacial score (nSPS) is 15.7. The number of nitrogens with zero attached hydrogens (tertiary/aromatic N) is 1. The summed E-state index contributed by atoms with van der Waals surface area (Å²) >= 11 is 0. The lowest BCUT2D eigenvalue weighted by molar-refractivity contribution is -0.144. The quantitative estimate of drug-likeness (QED) is 0.536. The van der Waals surface area contributed by atoms with E-state index in [1.165, 1.54) is 30.3 Å². The molecule has 0 aliphatic carbocycles.